The van der Waals surface area contributed by atoms with Crippen molar-refractivity contribution in [3.63, 3.8) is 0 Å². The first-order valence-corrected chi connectivity index (χ1v) is 10.1. The molecule has 0 saturated carbocycles. The molecule has 0 fully saturated rings. The molecule has 0 radical (unpaired) electrons. The van der Waals surface area contributed by atoms with Gasteiger partial charge in [0.05, 0.1) is 22.7 Å². The molecular formula is C21H22N4S. The second kappa shape index (κ2) is 7.89. The van der Waals surface area contributed by atoms with Crippen molar-refractivity contribution in [3.8, 4) is 0 Å². The van der Waals surface area contributed by atoms with Crippen LogP contribution in [0.4, 0.5) is 5.69 Å². The summed E-state index contributed by atoms with van der Waals surface area (Å²) in [5.74, 6) is 9.34. The van der Waals surface area contributed by atoms with Gasteiger partial charge in [-0.1, -0.05) is 42.6 Å². The van der Waals surface area contributed by atoms with Crippen LogP contribution in [-0.4, -0.2) is 21.7 Å². The van der Waals surface area contributed by atoms with Crippen LogP contribution in [-0.2, 0) is 6.54 Å². The van der Waals surface area contributed by atoms with Gasteiger partial charge in [-0.2, -0.15) is 0 Å². The number of nitrogens with one attached hydrogen (secondary N) is 2. The van der Waals surface area contributed by atoms with E-state index in [2.05, 4.69) is 38.9 Å². The fourth-order valence-corrected chi connectivity index (χ4v) is 3.92. The summed E-state index contributed by atoms with van der Waals surface area (Å²) in [4.78, 5) is 9.77. The van der Waals surface area contributed by atoms with Crippen molar-refractivity contribution in [2.75, 3.05) is 5.32 Å². The van der Waals surface area contributed by atoms with E-state index >= 15 is 0 Å². The minimum absolute atomic E-state index is 0.657. The fraction of sp³-hybridized carbons (Fsp3) is 0.0476. The normalized spacial score (nSPS) is 10.9. The lowest BCUT2D eigenvalue weighted by Gasteiger charge is -2.16. The van der Waals surface area contributed by atoms with Crippen molar-refractivity contribution in [2.24, 2.45) is 0 Å². The number of benzene rings is 1. The summed E-state index contributed by atoms with van der Waals surface area (Å²) in [5.41, 5.74) is 1.95. The van der Waals surface area contributed by atoms with Crippen molar-refractivity contribution in [1.82, 2.24) is 15.3 Å². The summed E-state index contributed by atoms with van der Waals surface area (Å²) in [5, 5.41) is 7.33. The quantitative estimate of drug-likeness (QED) is 0.618. The van der Waals surface area contributed by atoms with Gasteiger partial charge < -0.3 is 10.6 Å². The highest BCUT2D eigenvalue weighted by molar-refractivity contribution is 8.27. The predicted molar refractivity (Wildman–Crippen MR) is 113 cm³/mol. The van der Waals surface area contributed by atoms with Gasteiger partial charge in [-0.25, -0.2) is 4.98 Å². The van der Waals surface area contributed by atoms with Crippen LogP contribution in [0.15, 0.2) is 95.5 Å². The zero-order valence-electron chi connectivity index (χ0n) is 14.6. The Labute approximate surface area is 155 Å². The van der Waals surface area contributed by atoms with Crippen molar-refractivity contribution in [3.05, 3.63) is 91.2 Å². The monoisotopic (exact) mass is 362 g/mol. The van der Waals surface area contributed by atoms with Gasteiger partial charge in [0.15, 0.2) is 0 Å². The Morgan fingerprint density at radius 1 is 0.962 bits per heavy atom. The van der Waals surface area contributed by atoms with Gasteiger partial charge in [-0.15, -0.1) is 9.21 Å². The molecule has 0 saturated heterocycles. The molecule has 0 amide bonds. The van der Waals surface area contributed by atoms with Crippen molar-refractivity contribution in [1.29, 1.82) is 0 Å². The topological polar surface area (TPSA) is 49.8 Å². The molecule has 132 valence electrons. The van der Waals surface area contributed by atoms with E-state index in [1.54, 1.807) is 12.4 Å². The van der Waals surface area contributed by atoms with E-state index in [0.717, 1.165) is 21.2 Å². The molecule has 26 heavy (non-hydrogen) atoms. The van der Waals surface area contributed by atoms with Crippen molar-refractivity contribution >= 4 is 26.6 Å². The lowest BCUT2D eigenvalue weighted by atomic mass is 10.3. The van der Waals surface area contributed by atoms with Gasteiger partial charge in [-0.05, 0) is 35.9 Å². The lowest BCUT2D eigenvalue weighted by molar-refractivity contribution is 0.815. The molecule has 0 atom stereocenters. The Morgan fingerprint density at radius 2 is 1.77 bits per heavy atom. The van der Waals surface area contributed by atoms with Crippen LogP contribution in [0.2, 0.25) is 0 Å². The molecule has 5 heteroatoms. The molecule has 0 aliphatic heterocycles. The third-order valence-corrected chi connectivity index (χ3v) is 6.07. The first-order valence-electron chi connectivity index (χ1n) is 8.15. The maximum Gasteiger partial charge on any atom is 0.0960 e. The molecule has 0 spiro atoms. The van der Waals surface area contributed by atoms with Crippen LogP contribution < -0.4 is 10.6 Å². The maximum atomic E-state index is 4.57. The molecule has 0 unspecified atom stereocenters. The molecular weight excluding hydrogens is 340 g/mol. The predicted octanol–water partition coefficient (Wildman–Crippen LogP) is 4.24. The molecule has 1 aromatic carbocycles. The highest BCUT2D eigenvalue weighted by Gasteiger charge is 2.06. The summed E-state index contributed by atoms with van der Waals surface area (Å²) in [7, 11) is -1.61. The van der Waals surface area contributed by atoms with E-state index in [9.17, 15) is 0 Å². The van der Waals surface area contributed by atoms with Crippen LogP contribution in [0.1, 0.15) is 5.56 Å². The Bertz CT molecular complexity index is 964. The average molecular weight is 363 g/mol. The molecule has 2 aromatic heterocycles. The van der Waals surface area contributed by atoms with E-state index in [1.807, 2.05) is 60.8 Å². The molecule has 3 rings (SSSR count). The van der Waals surface area contributed by atoms with E-state index in [-0.39, 0.29) is 0 Å². The Balaban J connectivity index is 1.63. The van der Waals surface area contributed by atoms with Gasteiger partial charge in [-0.3, -0.25) is 4.98 Å². The minimum atomic E-state index is -1.61. The van der Waals surface area contributed by atoms with Gasteiger partial charge in [0.1, 0.15) is 0 Å². The zero-order chi connectivity index (χ0) is 18.4. The number of pyridine rings is 2. The Kier molecular flexibility index (Phi) is 5.39. The molecule has 4 nitrogen and oxygen atoms in total. The van der Waals surface area contributed by atoms with Crippen LogP contribution in [0.5, 0.6) is 0 Å². The highest BCUT2D eigenvalue weighted by Crippen LogP contribution is 2.39. The first kappa shape index (κ1) is 17.8. The Hall–Kier alpha value is -3.05. The smallest absolute Gasteiger partial charge is 0.0960 e. The number of hydrogen-bond acceptors (Lipinski definition) is 4. The molecule has 3 aromatic rings. The molecule has 2 heterocycles. The second-order valence-corrected chi connectivity index (χ2v) is 8.56. The van der Waals surface area contributed by atoms with E-state index in [1.165, 1.54) is 0 Å². The number of nitrogens with zero attached hydrogens (tertiary/aromatic N) is 2. The van der Waals surface area contributed by atoms with Crippen LogP contribution in [0.25, 0.3) is 0 Å². The van der Waals surface area contributed by atoms with E-state index in [4.69, 9.17) is 0 Å². The summed E-state index contributed by atoms with van der Waals surface area (Å²) >= 11 is 0. The number of hydrogen-bond donors (Lipinski definition) is 2. The van der Waals surface area contributed by atoms with Crippen LogP contribution in [0, 0.1) is 0 Å². The van der Waals surface area contributed by atoms with Gasteiger partial charge >= 0.3 is 0 Å². The fourth-order valence-electron chi connectivity index (χ4n) is 2.42. The van der Waals surface area contributed by atoms with Crippen molar-refractivity contribution < 1.29 is 0 Å². The summed E-state index contributed by atoms with van der Waals surface area (Å²) in [6.07, 6.45) is 5.37. The average Bonchev–Trinajstić information content (AvgIpc) is 2.68. The maximum absolute atomic E-state index is 4.57. The van der Waals surface area contributed by atoms with E-state index in [0.29, 0.717) is 12.4 Å². The van der Waals surface area contributed by atoms with Gasteiger partial charge in [0, 0.05) is 23.8 Å². The van der Waals surface area contributed by atoms with Gasteiger partial charge in [0.25, 0.3) is 0 Å². The van der Waals surface area contributed by atoms with Crippen molar-refractivity contribution in [2.45, 2.75) is 16.5 Å². The highest BCUT2D eigenvalue weighted by atomic mass is 32.2. The third-order valence-electron chi connectivity index (χ3n) is 3.85. The third kappa shape index (κ3) is 4.32. The standard InChI is InChI=1S/C21H22N4S/c1-17(23-15-18-8-7-13-22-14-18)25-19-11-12-21(24-16-19)26(2,3)20-9-5-4-6-10-20/h4-14,16,23,25H,1-3,15H2. The number of aromatic nitrogens is 2. The van der Waals surface area contributed by atoms with Gasteiger partial charge in [0.2, 0.25) is 0 Å². The first-order chi connectivity index (χ1) is 12.6. The number of rotatable bonds is 7. The molecule has 0 aliphatic rings. The Morgan fingerprint density at radius 3 is 2.42 bits per heavy atom. The number of anilines is 1. The molecule has 2 N–H and O–H groups in total. The minimum Gasteiger partial charge on any atom is -0.368 e. The zero-order valence-corrected chi connectivity index (χ0v) is 15.4. The molecule has 0 bridgehead atoms. The second-order valence-electron chi connectivity index (χ2n) is 5.90. The summed E-state index contributed by atoms with van der Waals surface area (Å²) < 4.78 is 0. The largest absolute Gasteiger partial charge is 0.368 e. The molecule has 0 aliphatic carbocycles. The van der Waals surface area contributed by atoms with Crippen LogP contribution in [0.3, 0.4) is 0 Å². The SMILES string of the molecule is C=C(NCc1cccnc1)Nc1ccc(S(=C)(=C)c2ccccc2)nc1. The summed E-state index contributed by atoms with van der Waals surface area (Å²) in [6.45, 7) is 4.65. The summed E-state index contributed by atoms with van der Waals surface area (Å²) in [6, 6.07) is 18.0. The lowest BCUT2D eigenvalue weighted by Crippen LogP contribution is -2.18. The van der Waals surface area contributed by atoms with E-state index < -0.39 is 9.21 Å². The van der Waals surface area contributed by atoms with Crippen LogP contribution >= 0.6 is 9.21 Å².